The zero-order valence-corrected chi connectivity index (χ0v) is 12.6. The van der Waals surface area contributed by atoms with Crippen molar-refractivity contribution >= 4 is 11.9 Å². The number of amides is 3. The number of carbonyl (C=O) groups is 2. The van der Waals surface area contributed by atoms with Crippen LogP contribution in [0.1, 0.15) is 28.8 Å². The van der Waals surface area contributed by atoms with E-state index in [-0.39, 0.29) is 17.8 Å². The van der Waals surface area contributed by atoms with Crippen molar-refractivity contribution in [2.45, 2.75) is 25.8 Å². The van der Waals surface area contributed by atoms with E-state index in [1.165, 1.54) is 6.07 Å². The molecule has 6 heteroatoms. The van der Waals surface area contributed by atoms with Gasteiger partial charge in [0.1, 0.15) is 5.82 Å². The fraction of sp³-hybridized carbons (Fsp3) is 0.500. The number of hydrogen-bond donors (Lipinski definition) is 1. The molecule has 1 aromatic carbocycles. The molecule has 118 valence electrons. The van der Waals surface area contributed by atoms with Gasteiger partial charge in [0.2, 0.25) is 0 Å². The molecule has 1 aliphatic heterocycles. The molecular formula is C16H20FN3O2. The molecule has 0 atom stereocenters. The molecule has 1 heterocycles. The molecule has 1 aromatic rings. The minimum absolute atomic E-state index is 0.0454. The van der Waals surface area contributed by atoms with Crippen molar-refractivity contribution < 1.29 is 14.0 Å². The lowest BCUT2D eigenvalue weighted by molar-refractivity contribution is 0.0664. The number of rotatable bonds is 2. The molecule has 1 N–H and O–H groups in total. The molecule has 1 saturated heterocycles. The number of aryl methyl sites for hydroxylation is 1. The Morgan fingerprint density at radius 1 is 1.14 bits per heavy atom. The van der Waals surface area contributed by atoms with Gasteiger partial charge in [-0.25, -0.2) is 9.18 Å². The topological polar surface area (TPSA) is 52.7 Å². The smallest absolute Gasteiger partial charge is 0.317 e. The molecular weight excluding hydrogens is 285 g/mol. The van der Waals surface area contributed by atoms with Gasteiger partial charge >= 0.3 is 6.03 Å². The van der Waals surface area contributed by atoms with E-state index in [9.17, 15) is 14.0 Å². The van der Waals surface area contributed by atoms with Gasteiger partial charge in [-0.15, -0.1) is 0 Å². The van der Waals surface area contributed by atoms with Crippen LogP contribution < -0.4 is 5.32 Å². The Hall–Kier alpha value is -2.11. The molecule has 1 aliphatic carbocycles. The number of nitrogens with zero attached hydrogens (tertiary/aromatic N) is 2. The van der Waals surface area contributed by atoms with Crippen molar-refractivity contribution in [1.82, 2.24) is 15.1 Å². The zero-order valence-electron chi connectivity index (χ0n) is 12.6. The van der Waals surface area contributed by atoms with Crippen LogP contribution in [0.15, 0.2) is 18.2 Å². The van der Waals surface area contributed by atoms with Gasteiger partial charge in [0.25, 0.3) is 5.91 Å². The third-order valence-electron chi connectivity index (χ3n) is 4.18. The first-order chi connectivity index (χ1) is 10.5. The minimum atomic E-state index is -0.367. The predicted octanol–water partition coefficient (Wildman–Crippen LogP) is 1.76. The van der Waals surface area contributed by atoms with E-state index in [0.717, 1.165) is 12.8 Å². The molecule has 1 saturated carbocycles. The summed E-state index contributed by atoms with van der Waals surface area (Å²) in [6, 6.07) is 4.83. The Bertz CT molecular complexity index is 593. The largest absolute Gasteiger partial charge is 0.335 e. The average molecular weight is 305 g/mol. The normalized spacial score (nSPS) is 18.3. The first kappa shape index (κ1) is 14.8. The fourth-order valence-corrected chi connectivity index (χ4v) is 2.51. The van der Waals surface area contributed by atoms with E-state index in [2.05, 4.69) is 5.32 Å². The molecule has 3 amide bonds. The third-order valence-corrected chi connectivity index (χ3v) is 4.18. The zero-order chi connectivity index (χ0) is 15.7. The van der Waals surface area contributed by atoms with Gasteiger partial charge in [-0.3, -0.25) is 4.79 Å². The Balaban J connectivity index is 1.56. The first-order valence-corrected chi connectivity index (χ1v) is 7.65. The van der Waals surface area contributed by atoms with Crippen molar-refractivity contribution in [2.24, 2.45) is 0 Å². The Labute approximate surface area is 129 Å². The molecule has 0 spiro atoms. The molecule has 0 radical (unpaired) electrons. The highest BCUT2D eigenvalue weighted by Crippen LogP contribution is 2.19. The average Bonchev–Trinajstić information content (AvgIpc) is 3.33. The number of piperazine rings is 1. The molecule has 2 aliphatic rings. The fourth-order valence-electron chi connectivity index (χ4n) is 2.51. The lowest BCUT2D eigenvalue weighted by atomic mass is 10.1. The minimum Gasteiger partial charge on any atom is -0.335 e. The summed E-state index contributed by atoms with van der Waals surface area (Å²) < 4.78 is 13.6. The van der Waals surface area contributed by atoms with Gasteiger partial charge in [-0.2, -0.15) is 0 Å². The second kappa shape index (κ2) is 5.94. The molecule has 2 fully saturated rings. The highest BCUT2D eigenvalue weighted by atomic mass is 19.1. The molecule has 0 bridgehead atoms. The maximum atomic E-state index is 13.6. The van der Waals surface area contributed by atoms with Crippen molar-refractivity contribution in [3.8, 4) is 0 Å². The number of benzene rings is 1. The van der Waals surface area contributed by atoms with Gasteiger partial charge in [-0.1, -0.05) is 6.07 Å². The second-order valence-corrected chi connectivity index (χ2v) is 5.97. The van der Waals surface area contributed by atoms with Crippen LogP contribution in [0.2, 0.25) is 0 Å². The molecule has 3 rings (SSSR count). The van der Waals surface area contributed by atoms with Crippen molar-refractivity contribution in [2.75, 3.05) is 26.2 Å². The monoisotopic (exact) mass is 305 g/mol. The summed E-state index contributed by atoms with van der Waals surface area (Å²) in [5.41, 5.74) is 0.886. The highest BCUT2D eigenvalue weighted by molar-refractivity contribution is 5.94. The standard InChI is InChI=1S/C16H20FN3O2/c1-11-2-3-12(10-14(11)17)15(21)19-6-8-20(9-7-19)16(22)18-13-4-5-13/h2-3,10,13H,4-9H2,1H3,(H,18,22). The molecule has 0 aromatic heterocycles. The highest BCUT2D eigenvalue weighted by Gasteiger charge is 2.29. The van der Waals surface area contributed by atoms with E-state index < -0.39 is 0 Å². The van der Waals surface area contributed by atoms with Crippen LogP contribution >= 0.6 is 0 Å². The summed E-state index contributed by atoms with van der Waals surface area (Å²) in [6.45, 7) is 3.65. The van der Waals surface area contributed by atoms with Crippen LogP contribution in [0.5, 0.6) is 0 Å². The van der Waals surface area contributed by atoms with Crippen molar-refractivity contribution in [1.29, 1.82) is 0 Å². The third kappa shape index (κ3) is 3.21. The maximum absolute atomic E-state index is 13.6. The molecule has 0 unspecified atom stereocenters. The van der Waals surface area contributed by atoms with Gasteiger partial charge in [0.15, 0.2) is 0 Å². The number of hydrogen-bond acceptors (Lipinski definition) is 2. The number of carbonyl (C=O) groups excluding carboxylic acids is 2. The van der Waals surface area contributed by atoms with E-state index in [1.807, 2.05) is 0 Å². The Morgan fingerprint density at radius 2 is 1.77 bits per heavy atom. The van der Waals surface area contributed by atoms with Crippen molar-refractivity contribution in [3.05, 3.63) is 35.1 Å². The summed E-state index contributed by atoms with van der Waals surface area (Å²) in [4.78, 5) is 27.7. The molecule has 22 heavy (non-hydrogen) atoms. The van der Waals surface area contributed by atoms with E-state index in [4.69, 9.17) is 0 Å². The van der Waals surface area contributed by atoms with E-state index in [1.54, 1.807) is 28.9 Å². The van der Waals surface area contributed by atoms with Gasteiger partial charge in [0, 0.05) is 37.8 Å². The second-order valence-electron chi connectivity index (χ2n) is 5.97. The summed E-state index contributed by atoms with van der Waals surface area (Å²) in [7, 11) is 0. The van der Waals surface area contributed by atoms with Crippen LogP contribution in [0, 0.1) is 12.7 Å². The lowest BCUT2D eigenvalue weighted by Gasteiger charge is -2.34. The van der Waals surface area contributed by atoms with E-state index in [0.29, 0.717) is 43.3 Å². The van der Waals surface area contributed by atoms with Crippen LogP contribution in [0.25, 0.3) is 0 Å². The van der Waals surface area contributed by atoms with Crippen LogP contribution in [-0.2, 0) is 0 Å². The Kier molecular flexibility index (Phi) is 4.00. The summed E-state index contributed by atoms with van der Waals surface area (Å²) in [6.07, 6.45) is 2.12. The summed E-state index contributed by atoms with van der Waals surface area (Å²) >= 11 is 0. The molecule has 5 nitrogen and oxygen atoms in total. The summed E-state index contributed by atoms with van der Waals surface area (Å²) in [5.74, 6) is -0.547. The quantitative estimate of drug-likeness (QED) is 0.905. The number of urea groups is 1. The van der Waals surface area contributed by atoms with Crippen LogP contribution in [0.3, 0.4) is 0 Å². The SMILES string of the molecule is Cc1ccc(C(=O)N2CCN(C(=O)NC3CC3)CC2)cc1F. The van der Waals surface area contributed by atoms with Gasteiger partial charge in [0.05, 0.1) is 0 Å². The first-order valence-electron chi connectivity index (χ1n) is 7.65. The van der Waals surface area contributed by atoms with Gasteiger partial charge in [-0.05, 0) is 37.5 Å². The van der Waals surface area contributed by atoms with Crippen LogP contribution in [0.4, 0.5) is 9.18 Å². The predicted molar refractivity (Wildman–Crippen MR) is 80.2 cm³/mol. The Morgan fingerprint density at radius 3 is 2.36 bits per heavy atom. The van der Waals surface area contributed by atoms with E-state index >= 15 is 0 Å². The van der Waals surface area contributed by atoms with Gasteiger partial charge < -0.3 is 15.1 Å². The maximum Gasteiger partial charge on any atom is 0.317 e. The summed E-state index contributed by atoms with van der Waals surface area (Å²) in [5, 5.41) is 2.95. The van der Waals surface area contributed by atoms with Crippen LogP contribution in [-0.4, -0.2) is 54.0 Å². The number of nitrogens with one attached hydrogen (secondary N) is 1. The van der Waals surface area contributed by atoms with Crippen molar-refractivity contribution in [3.63, 3.8) is 0 Å². The lowest BCUT2D eigenvalue weighted by Crippen LogP contribution is -2.53. The number of halogens is 1.